The number of alkyl halides is 3. The quantitative estimate of drug-likeness (QED) is 0.808. The number of pyridine rings is 1. The van der Waals surface area contributed by atoms with E-state index < -0.39 is 30.1 Å². The average molecular weight is 372 g/mol. The van der Waals surface area contributed by atoms with Gasteiger partial charge in [0.25, 0.3) is 0 Å². The van der Waals surface area contributed by atoms with E-state index in [-0.39, 0.29) is 23.7 Å². The van der Waals surface area contributed by atoms with Crippen LogP contribution in [0.1, 0.15) is 5.69 Å². The highest BCUT2D eigenvalue weighted by molar-refractivity contribution is 5.90. The van der Waals surface area contributed by atoms with Crippen LogP contribution in [0.15, 0.2) is 41.3 Å². The van der Waals surface area contributed by atoms with Crippen molar-refractivity contribution in [1.82, 2.24) is 4.57 Å². The van der Waals surface area contributed by atoms with Crippen molar-refractivity contribution in [3.63, 3.8) is 0 Å². The van der Waals surface area contributed by atoms with Crippen molar-refractivity contribution in [3.8, 4) is 11.5 Å². The smallest absolute Gasteiger partial charge is 0.491 e. The molecule has 2 N–H and O–H groups in total. The highest BCUT2D eigenvalue weighted by Crippen LogP contribution is 2.24. The van der Waals surface area contributed by atoms with E-state index in [2.05, 4.69) is 10.1 Å². The van der Waals surface area contributed by atoms with E-state index >= 15 is 0 Å². The van der Waals surface area contributed by atoms with Gasteiger partial charge < -0.3 is 24.5 Å². The second-order valence-corrected chi connectivity index (χ2v) is 5.10. The molecular weight excluding hydrogens is 357 g/mol. The second-order valence-electron chi connectivity index (χ2n) is 5.10. The number of amides is 1. The van der Waals surface area contributed by atoms with Crippen LogP contribution in [0.4, 0.5) is 18.9 Å². The first-order chi connectivity index (χ1) is 12.2. The van der Waals surface area contributed by atoms with Crippen LogP contribution in [0, 0.1) is 0 Å². The van der Waals surface area contributed by atoms with Gasteiger partial charge in [0.15, 0.2) is 5.75 Å². The summed E-state index contributed by atoms with van der Waals surface area (Å²) in [5.41, 5.74) is 0.0245. The van der Waals surface area contributed by atoms with Gasteiger partial charge in [0, 0.05) is 17.4 Å². The summed E-state index contributed by atoms with van der Waals surface area (Å²) >= 11 is 0. The molecule has 0 aliphatic carbocycles. The Labute approximate surface area is 145 Å². The molecule has 0 unspecified atom stereocenters. The molecule has 2 rings (SSSR count). The van der Waals surface area contributed by atoms with Gasteiger partial charge in [0.2, 0.25) is 11.3 Å². The highest BCUT2D eigenvalue weighted by Gasteiger charge is 2.30. The van der Waals surface area contributed by atoms with Crippen LogP contribution >= 0.6 is 0 Å². The summed E-state index contributed by atoms with van der Waals surface area (Å²) in [5.74, 6) is -0.929. The number of hydrogen-bond acceptors (Lipinski definition) is 5. The van der Waals surface area contributed by atoms with Gasteiger partial charge in [-0.05, 0) is 24.3 Å². The minimum Gasteiger partial charge on any atom is -0.491 e. The van der Waals surface area contributed by atoms with Gasteiger partial charge in [-0.1, -0.05) is 0 Å². The summed E-state index contributed by atoms with van der Waals surface area (Å²) in [7, 11) is 1.30. The number of anilines is 1. The number of ether oxygens (including phenoxy) is 2. The molecule has 0 bridgehead atoms. The van der Waals surface area contributed by atoms with E-state index in [4.69, 9.17) is 4.74 Å². The van der Waals surface area contributed by atoms with Gasteiger partial charge in [-0.3, -0.25) is 9.59 Å². The SMILES string of the molecule is COc1cn(CC(=O)Nc2ccc(OC(F)(F)F)cc2)c(CO)cc1=O. The summed E-state index contributed by atoms with van der Waals surface area (Å²) < 4.78 is 46.3. The molecule has 0 fully saturated rings. The molecule has 26 heavy (non-hydrogen) atoms. The summed E-state index contributed by atoms with van der Waals surface area (Å²) in [5, 5.41) is 11.8. The fourth-order valence-electron chi connectivity index (χ4n) is 2.13. The number of nitrogens with one attached hydrogen (secondary N) is 1. The number of nitrogens with zero attached hydrogens (tertiary/aromatic N) is 1. The molecule has 140 valence electrons. The van der Waals surface area contributed by atoms with Gasteiger partial charge in [-0.15, -0.1) is 13.2 Å². The molecule has 1 heterocycles. The summed E-state index contributed by atoms with van der Waals surface area (Å²) in [6, 6.07) is 5.76. The van der Waals surface area contributed by atoms with E-state index in [1.165, 1.54) is 30.0 Å². The molecule has 2 aromatic rings. The molecular formula is C16H15F3N2O5. The van der Waals surface area contributed by atoms with E-state index in [1.807, 2.05) is 0 Å². The maximum absolute atomic E-state index is 12.1. The number of carbonyl (C=O) groups excluding carboxylic acids is 1. The van der Waals surface area contributed by atoms with Crippen LogP contribution < -0.4 is 20.2 Å². The topological polar surface area (TPSA) is 89.8 Å². The third-order valence-electron chi connectivity index (χ3n) is 3.25. The van der Waals surface area contributed by atoms with E-state index in [0.717, 1.165) is 18.2 Å². The molecule has 0 atom stereocenters. The molecule has 0 saturated heterocycles. The fourth-order valence-corrected chi connectivity index (χ4v) is 2.13. The Morgan fingerprint density at radius 1 is 1.27 bits per heavy atom. The van der Waals surface area contributed by atoms with Crippen molar-refractivity contribution in [1.29, 1.82) is 0 Å². The Hall–Kier alpha value is -3.01. The van der Waals surface area contributed by atoms with Crippen LogP contribution in [0.3, 0.4) is 0 Å². The van der Waals surface area contributed by atoms with Crippen molar-refractivity contribution in [3.05, 3.63) is 52.4 Å². The third kappa shape index (κ3) is 5.24. The molecule has 1 amide bonds. The van der Waals surface area contributed by atoms with E-state index in [9.17, 15) is 27.9 Å². The lowest BCUT2D eigenvalue weighted by atomic mass is 10.3. The number of aromatic nitrogens is 1. The highest BCUT2D eigenvalue weighted by atomic mass is 19.4. The third-order valence-corrected chi connectivity index (χ3v) is 3.25. The predicted octanol–water partition coefficient (Wildman–Crippen LogP) is 1.89. The largest absolute Gasteiger partial charge is 0.573 e. The van der Waals surface area contributed by atoms with Gasteiger partial charge in [-0.2, -0.15) is 0 Å². The Balaban J connectivity index is 2.08. The Morgan fingerprint density at radius 3 is 2.46 bits per heavy atom. The molecule has 0 radical (unpaired) electrons. The summed E-state index contributed by atoms with van der Waals surface area (Å²) in [6.45, 7) is -0.705. The van der Waals surface area contributed by atoms with Gasteiger partial charge in [0.05, 0.1) is 19.9 Å². The first-order valence-electron chi connectivity index (χ1n) is 7.25. The number of rotatable bonds is 6. The van der Waals surface area contributed by atoms with Crippen molar-refractivity contribution < 1.29 is 32.5 Å². The van der Waals surface area contributed by atoms with Crippen molar-refractivity contribution in [2.75, 3.05) is 12.4 Å². The van der Waals surface area contributed by atoms with Crippen molar-refractivity contribution >= 4 is 11.6 Å². The molecule has 0 aliphatic heterocycles. The lowest BCUT2D eigenvalue weighted by molar-refractivity contribution is -0.274. The number of hydrogen-bond donors (Lipinski definition) is 2. The number of aliphatic hydroxyl groups is 1. The molecule has 1 aromatic carbocycles. The van der Waals surface area contributed by atoms with Crippen LogP contribution in [0.25, 0.3) is 0 Å². The van der Waals surface area contributed by atoms with Crippen LogP contribution in [-0.4, -0.2) is 29.1 Å². The predicted molar refractivity (Wildman–Crippen MR) is 84.9 cm³/mol. The number of halogens is 3. The number of carbonyl (C=O) groups is 1. The zero-order valence-corrected chi connectivity index (χ0v) is 13.5. The fraction of sp³-hybridized carbons (Fsp3) is 0.250. The van der Waals surface area contributed by atoms with Gasteiger partial charge in [-0.25, -0.2) is 0 Å². The zero-order chi connectivity index (χ0) is 19.3. The van der Waals surface area contributed by atoms with Crippen LogP contribution in [0.2, 0.25) is 0 Å². The monoisotopic (exact) mass is 372 g/mol. The molecule has 0 spiro atoms. The number of aliphatic hydroxyl groups excluding tert-OH is 1. The summed E-state index contributed by atoms with van der Waals surface area (Å²) in [6.07, 6.45) is -3.51. The lowest BCUT2D eigenvalue weighted by Gasteiger charge is -2.14. The van der Waals surface area contributed by atoms with Crippen LogP contribution in [-0.2, 0) is 17.9 Å². The second kappa shape index (κ2) is 7.91. The van der Waals surface area contributed by atoms with E-state index in [1.54, 1.807) is 0 Å². The standard InChI is InChI=1S/C16H15F3N2O5/c1-25-14-7-21(11(9-22)6-13(14)23)8-15(24)20-10-2-4-12(5-3-10)26-16(17,18)19/h2-7,22H,8-9H2,1H3,(H,20,24). The Bertz CT molecular complexity index is 831. The zero-order valence-electron chi connectivity index (χ0n) is 13.5. The van der Waals surface area contributed by atoms with Gasteiger partial charge >= 0.3 is 6.36 Å². The summed E-state index contributed by atoms with van der Waals surface area (Å²) in [4.78, 5) is 23.8. The molecule has 0 aliphatic rings. The number of benzene rings is 1. The maximum Gasteiger partial charge on any atom is 0.573 e. The Morgan fingerprint density at radius 2 is 1.92 bits per heavy atom. The first-order valence-corrected chi connectivity index (χ1v) is 7.25. The average Bonchev–Trinajstić information content (AvgIpc) is 2.56. The minimum absolute atomic E-state index is 0.00338. The van der Waals surface area contributed by atoms with Crippen molar-refractivity contribution in [2.24, 2.45) is 0 Å². The van der Waals surface area contributed by atoms with Crippen LogP contribution in [0.5, 0.6) is 11.5 Å². The van der Waals surface area contributed by atoms with Crippen molar-refractivity contribution in [2.45, 2.75) is 19.5 Å². The minimum atomic E-state index is -4.80. The van der Waals surface area contributed by atoms with Gasteiger partial charge in [0.1, 0.15) is 12.3 Å². The lowest BCUT2D eigenvalue weighted by Crippen LogP contribution is -2.23. The Kier molecular flexibility index (Phi) is 5.88. The maximum atomic E-state index is 12.1. The normalized spacial score (nSPS) is 11.1. The molecule has 1 aromatic heterocycles. The first kappa shape index (κ1) is 19.3. The molecule has 0 saturated carbocycles. The number of methoxy groups -OCH3 is 1. The molecule has 7 nitrogen and oxygen atoms in total. The molecule has 10 heteroatoms. The van der Waals surface area contributed by atoms with E-state index in [0.29, 0.717) is 0 Å².